The van der Waals surface area contributed by atoms with Crippen LogP contribution in [0.4, 0.5) is 0 Å². The minimum Gasteiger partial charge on any atom is -0.396 e. The maximum absolute atomic E-state index is 9.07. The van der Waals surface area contributed by atoms with Crippen molar-refractivity contribution in [2.75, 3.05) is 32.8 Å². The first-order chi connectivity index (χ1) is 7.78. The van der Waals surface area contributed by atoms with Crippen LogP contribution in [0.3, 0.4) is 0 Å². The van der Waals surface area contributed by atoms with E-state index in [1.807, 2.05) is 0 Å². The SMILES string of the molecule is C=C(CNC1CC1)CN1CCC(CO)CC1. The van der Waals surface area contributed by atoms with Crippen LogP contribution < -0.4 is 5.32 Å². The summed E-state index contributed by atoms with van der Waals surface area (Å²) in [6.45, 7) is 8.73. The average Bonchev–Trinajstić information content (AvgIpc) is 3.11. The Morgan fingerprint density at radius 3 is 2.50 bits per heavy atom. The van der Waals surface area contributed by atoms with Crippen LogP contribution in [0.2, 0.25) is 0 Å². The van der Waals surface area contributed by atoms with Crippen LogP contribution in [0, 0.1) is 5.92 Å². The molecule has 0 amide bonds. The molecule has 0 aromatic carbocycles. The van der Waals surface area contributed by atoms with Gasteiger partial charge >= 0.3 is 0 Å². The van der Waals surface area contributed by atoms with Crippen molar-refractivity contribution < 1.29 is 5.11 Å². The molecule has 0 unspecified atom stereocenters. The van der Waals surface area contributed by atoms with Crippen molar-refractivity contribution in [3.05, 3.63) is 12.2 Å². The van der Waals surface area contributed by atoms with Gasteiger partial charge in [-0.05, 0) is 50.3 Å². The molecule has 0 aromatic rings. The third-order valence-electron chi connectivity index (χ3n) is 3.63. The van der Waals surface area contributed by atoms with Gasteiger partial charge in [-0.25, -0.2) is 0 Å². The number of nitrogens with one attached hydrogen (secondary N) is 1. The fourth-order valence-electron chi connectivity index (χ4n) is 2.28. The fraction of sp³-hybridized carbons (Fsp3) is 0.846. The van der Waals surface area contributed by atoms with Gasteiger partial charge in [-0.15, -0.1) is 0 Å². The minimum atomic E-state index is 0.359. The summed E-state index contributed by atoms with van der Waals surface area (Å²) >= 11 is 0. The molecule has 3 nitrogen and oxygen atoms in total. The second-order valence-corrected chi connectivity index (χ2v) is 5.31. The van der Waals surface area contributed by atoms with Gasteiger partial charge in [-0.3, -0.25) is 4.90 Å². The highest BCUT2D eigenvalue weighted by Gasteiger charge is 2.21. The normalized spacial score (nSPS) is 23.6. The third-order valence-corrected chi connectivity index (χ3v) is 3.63. The largest absolute Gasteiger partial charge is 0.396 e. The van der Waals surface area contributed by atoms with Crippen LogP contribution >= 0.6 is 0 Å². The van der Waals surface area contributed by atoms with Gasteiger partial charge < -0.3 is 10.4 Å². The number of likely N-dealkylation sites (tertiary alicyclic amines) is 1. The summed E-state index contributed by atoms with van der Waals surface area (Å²) in [6.07, 6.45) is 4.96. The first kappa shape index (κ1) is 12.1. The summed E-state index contributed by atoms with van der Waals surface area (Å²) in [5, 5.41) is 12.6. The van der Waals surface area contributed by atoms with Crippen LogP contribution in [-0.4, -0.2) is 48.8 Å². The standard InChI is InChI=1S/C13H24N2O/c1-11(8-14-13-2-3-13)9-15-6-4-12(10-16)5-7-15/h12-14,16H,1-10H2. The van der Waals surface area contributed by atoms with Crippen molar-refractivity contribution >= 4 is 0 Å². The van der Waals surface area contributed by atoms with E-state index in [1.54, 1.807) is 0 Å². The molecule has 16 heavy (non-hydrogen) atoms. The molecule has 1 saturated carbocycles. The predicted octanol–water partition coefficient (Wildman–Crippen LogP) is 0.999. The average molecular weight is 224 g/mol. The van der Waals surface area contributed by atoms with E-state index in [0.29, 0.717) is 12.5 Å². The Hall–Kier alpha value is -0.380. The summed E-state index contributed by atoms with van der Waals surface area (Å²) in [5.74, 6) is 0.536. The van der Waals surface area contributed by atoms with E-state index >= 15 is 0 Å². The second kappa shape index (κ2) is 5.80. The number of hydrogen-bond donors (Lipinski definition) is 2. The summed E-state index contributed by atoms with van der Waals surface area (Å²) in [6, 6.07) is 0.775. The van der Waals surface area contributed by atoms with Crippen LogP contribution in [0.5, 0.6) is 0 Å². The minimum absolute atomic E-state index is 0.359. The van der Waals surface area contributed by atoms with Gasteiger partial charge in [-0.2, -0.15) is 0 Å². The smallest absolute Gasteiger partial charge is 0.0460 e. The molecule has 0 bridgehead atoms. The predicted molar refractivity (Wildman–Crippen MR) is 66.4 cm³/mol. The molecule has 0 aromatic heterocycles. The highest BCUT2D eigenvalue weighted by molar-refractivity contribution is 5.02. The Bertz CT molecular complexity index is 230. The highest BCUT2D eigenvalue weighted by Crippen LogP contribution is 2.19. The topological polar surface area (TPSA) is 35.5 Å². The maximum atomic E-state index is 9.07. The lowest BCUT2D eigenvalue weighted by molar-refractivity contribution is 0.137. The molecule has 2 N–H and O–H groups in total. The molecular formula is C13H24N2O. The lowest BCUT2D eigenvalue weighted by atomic mass is 9.97. The number of aliphatic hydroxyl groups excluding tert-OH is 1. The molecule has 92 valence electrons. The highest BCUT2D eigenvalue weighted by atomic mass is 16.3. The van der Waals surface area contributed by atoms with Crippen molar-refractivity contribution in [1.29, 1.82) is 0 Å². The molecule has 1 saturated heterocycles. The quantitative estimate of drug-likeness (QED) is 0.661. The molecule has 2 fully saturated rings. The maximum Gasteiger partial charge on any atom is 0.0460 e. The Morgan fingerprint density at radius 2 is 1.94 bits per heavy atom. The molecule has 2 aliphatic rings. The van der Waals surface area contributed by atoms with Crippen LogP contribution in [0.25, 0.3) is 0 Å². The van der Waals surface area contributed by atoms with Crippen molar-refractivity contribution in [2.24, 2.45) is 5.92 Å². The van der Waals surface area contributed by atoms with Crippen molar-refractivity contribution in [3.8, 4) is 0 Å². The van der Waals surface area contributed by atoms with Crippen LogP contribution in [0.15, 0.2) is 12.2 Å². The molecule has 2 rings (SSSR count). The number of nitrogens with zero attached hydrogens (tertiary/aromatic N) is 1. The van der Waals surface area contributed by atoms with E-state index in [0.717, 1.165) is 45.1 Å². The molecule has 1 aliphatic carbocycles. The van der Waals surface area contributed by atoms with E-state index < -0.39 is 0 Å². The van der Waals surface area contributed by atoms with E-state index in [9.17, 15) is 0 Å². The summed E-state index contributed by atoms with van der Waals surface area (Å²) in [5.41, 5.74) is 1.30. The van der Waals surface area contributed by atoms with E-state index in [2.05, 4.69) is 16.8 Å². The van der Waals surface area contributed by atoms with Gasteiger partial charge in [0.2, 0.25) is 0 Å². The first-order valence-corrected chi connectivity index (χ1v) is 6.51. The molecule has 1 heterocycles. The molecule has 0 atom stereocenters. The Balaban J connectivity index is 1.59. The summed E-state index contributed by atoms with van der Waals surface area (Å²) in [4.78, 5) is 2.46. The Kier molecular flexibility index (Phi) is 4.38. The molecule has 0 spiro atoms. The zero-order valence-electron chi connectivity index (χ0n) is 10.1. The fourth-order valence-corrected chi connectivity index (χ4v) is 2.28. The lowest BCUT2D eigenvalue weighted by Gasteiger charge is -2.31. The number of rotatable bonds is 6. The van der Waals surface area contributed by atoms with E-state index in [4.69, 9.17) is 5.11 Å². The molecule has 1 aliphatic heterocycles. The summed E-state index contributed by atoms with van der Waals surface area (Å²) in [7, 11) is 0. The molecule has 0 radical (unpaired) electrons. The van der Waals surface area contributed by atoms with Gasteiger partial charge in [0.05, 0.1) is 0 Å². The zero-order chi connectivity index (χ0) is 11.4. The van der Waals surface area contributed by atoms with Crippen molar-refractivity contribution in [1.82, 2.24) is 10.2 Å². The lowest BCUT2D eigenvalue weighted by Crippen LogP contribution is -2.37. The van der Waals surface area contributed by atoms with E-state index in [-0.39, 0.29) is 0 Å². The number of hydrogen-bond acceptors (Lipinski definition) is 3. The van der Waals surface area contributed by atoms with Gasteiger partial charge in [0.25, 0.3) is 0 Å². The third kappa shape index (κ3) is 3.89. The van der Waals surface area contributed by atoms with Crippen LogP contribution in [0.1, 0.15) is 25.7 Å². The van der Waals surface area contributed by atoms with Gasteiger partial charge in [0.15, 0.2) is 0 Å². The van der Waals surface area contributed by atoms with Gasteiger partial charge in [0, 0.05) is 25.7 Å². The second-order valence-electron chi connectivity index (χ2n) is 5.31. The number of aliphatic hydroxyl groups is 1. The monoisotopic (exact) mass is 224 g/mol. The summed E-state index contributed by atoms with van der Waals surface area (Å²) < 4.78 is 0. The number of piperidine rings is 1. The molecular weight excluding hydrogens is 200 g/mol. The first-order valence-electron chi connectivity index (χ1n) is 6.51. The van der Waals surface area contributed by atoms with Gasteiger partial charge in [0.1, 0.15) is 0 Å². The zero-order valence-corrected chi connectivity index (χ0v) is 10.1. The Morgan fingerprint density at radius 1 is 1.25 bits per heavy atom. The molecule has 3 heteroatoms. The van der Waals surface area contributed by atoms with E-state index in [1.165, 1.54) is 18.4 Å². The van der Waals surface area contributed by atoms with Crippen molar-refractivity contribution in [2.45, 2.75) is 31.7 Å². The van der Waals surface area contributed by atoms with Gasteiger partial charge in [-0.1, -0.05) is 6.58 Å². The van der Waals surface area contributed by atoms with Crippen LogP contribution in [-0.2, 0) is 0 Å². The Labute approximate surface area is 98.5 Å². The van der Waals surface area contributed by atoms with Crippen molar-refractivity contribution in [3.63, 3.8) is 0 Å².